The van der Waals surface area contributed by atoms with E-state index in [0.717, 1.165) is 0 Å². The largest absolute Gasteiger partial charge is 0.507 e. The molecule has 0 fully saturated rings. The third-order valence-electron chi connectivity index (χ3n) is 4.85. The number of carbonyl (C=O) groups is 1. The highest BCUT2D eigenvalue weighted by Crippen LogP contribution is 2.45. The van der Waals surface area contributed by atoms with Crippen molar-refractivity contribution >= 4 is 17.5 Å². The van der Waals surface area contributed by atoms with E-state index >= 15 is 0 Å². The number of allylic oxidation sites excluding steroid dienone is 1. The molecule has 0 radical (unpaired) electrons. The molecule has 2 aromatic rings. The second kappa shape index (κ2) is 6.07. The Kier molecular flexibility index (Phi) is 3.90. The minimum Gasteiger partial charge on any atom is -0.507 e. The number of hydrogen-bond acceptors (Lipinski definition) is 7. The van der Waals surface area contributed by atoms with Crippen LogP contribution in [0.25, 0.3) is 6.08 Å². The number of nitro groups is 1. The summed E-state index contributed by atoms with van der Waals surface area (Å²) in [5.41, 5.74) is -0.149. The number of nitro benzene ring substituents is 1. The van der Waals surface area contributed by atoms with Crippen molar-refractivity contribution in [2.24, 2.45) is 0 Å². The molecule has 0 aromatic heterocycles. The van der Waals surface area contributed by atoms with E-state index in [0.29, 0.717) is 29.0 Å². The summed E-state index contributed by atoms with van der Waals surface area (Å²) in [6.07, 6.45) is 1.19. The number of carbonyl (C=O) groups excluding carboxylic acids is 1. The molecule has 2 aromatic carbocycles. The van der Waals surface area contributed by atoms with Crippen LogP contribution in [0.3, 0.4) is 0 Å². The van der Waals surface area contributed by atoms with Crippen LogP contribution < -0.4 is 9.47 Å². The Morgan fingerprint density at radius 1 is 1.29 bits per heavy atom. The smallest absolute Gasteiger partial charge is 0.270 e. The zero-order chi connectivity index (χ0) is 20.2. The number of Topliss-reactive ketones (excluding diaryl/α,β-unsaturated/α-hetero) is 1. The fourth-order valence-electron chi connectivity index (χ4n) is 3.28. The summed E-state index contributed by atoms with van der Waals surface area (Å²) < 4.78 is 11.5. The molecule has 2 heterocycles. The summed E-state index contributed by atoms with van der Waals surface area (Å²) in [5, 5.41) is 31.1. The van der Waals surface area contributed by atoms with Crippen LogP contribution in [-0.2, 0) is 6.42 Å². The third-order valence-corrected chi connectivity index (χ3v) is 4.85. The monoisotopic (exact) mass is 383 g/mol. The molecule has 2 N–H and O–H groups in total. The number of nitrogens with zero attached hydrogens (tertiary/aromatic N) is 1. The fourth-order valence-corrected chi connectivity index (χ4v) is 3.28. The lowest BCUT2D eigenvalue weighted by Gasteiger charge is -2.24. The minimum atomic E-state index is -1.07. The molecule has 28 heavy (non-hydrogen) atoms. The Balaban J connectivity index is 1.71. The molecular weight excluding hydrogens is 366 g/mol. The van der Waals surface area contributed by atoms with Crippen molar-refractivity contribution < 1.29 is 29.4 Å². The maximum atomic E-state index is 12.7. The van der Waals surface area contributed by atoms with E-state index in [9.17, 15) is 25.1 Å². The van der Waals surface area contributed by atoms with Crippen LogP contribution in [0.15, 0.2) is 36.1 Å². The van der Waals surface area contributed by atoms with Gasteiger partial charge in [0.1, 0.15) is 23.4 Å². The maximum Gasteiger partial charge on any atom is 0.270 e. The van der Waals surface area contributed by atoms with Crippen LogP contribution in [0.5, 0.6) is 17.2 Å². The molecule has 0 bridgehead atoms. The van der Waals surface area contributed by atoms with E-state index < -0.39 is 22.4 Å². The van der Waals surface area contributed by atoms with Crippen LogP contribution in [0.1, 0.15) is 35.3 Å². The Hall–Kier alpha value is -3.39. The second-order valence-electron chi connectivity index (χ2n) is 7.32. The molecule has 1 atom stereocenters. The average molecular weight is 383 g/mol. The number of ketones is 1. The molecule has 144 valence electrons. The average Bonchev–Trinajstić information content (AvgIpc) is 3.18. The number of benzene rings is 2. The van der Waals surface area contributed by atoms with Crippen molar-refractivity contribution in [2.45, 2.75) is 32.0 Å². The molecule has 0 spiro atoms. The Labute approximate surface area is 159 Å². The van der Waals surface area contributed by atoms with E-state index in [1.54, 1.807) is 26.0 Å². The summed E-state index contributed by atoms with van der Waals surface area (Å²) in [6, 6.07) is 6.77. The summed E-state index contributed by atoms with van der Waals surface area (Å²) in [4.78, 5) is 23.1. The number of phenols is 1. The van der Waals surface area contributed by atoms with Crippen molar-refractivity contribution in [1.82, 2.24) is 0 Å². The number of aliphatic hydroxyl groups is 1. The van der Waals surface area contributed by atoms with Gasteiger partial charge in [0, 0.05) is 29.7 Å². The van der Waals surface area contributed by atoms with Crippen LogP contribution in [-0.4, -0.2) is 32.6 Å². The van der Waals surface area contributed by atoms with Crippen LogP contribution in [0, 0.1) is 10.1 Å². The predicted octanol–water partition coefficient (Wildman–Crippen LogP) is 2.99. The quantitative estimate of drug-likeness (QED) is 0.475. The first-order valence-corrected chi connectivity index (χ1v) is 8.61. The van der Waals surface area contributed by atoms with E-state index in [1.165, 1.54) is 24.3 Å². The summed E-state index contributed by atoms with van der Waals surface area (Å²) in [6.45, 7) is 3.29. The van der Waals surface area contributed by atoms with Gasteiger partial charge in [0.15, 0.2) is 5.76 Å². The van der Waals surface area contributed by atoms with Gasteiger partial charge in [-0.2, -0.15) is 0 Å². The minimum absolute atomic E-state index is 0.0501. The number of fused-ring (bicyclic) bond motifs is 3. The van der Waals surface area contributed by atoms with Crippen molar-refractivity contribution in [3.63, 3.8) is 0 Å². The lowest BCUT2D eigenvalue weighted by atomic mass is 9.96. The lowest BCUT2D eigenvalue weighted by molar-refractivity contribution is -0.384. The number of aromatic hydroxyl groups is 1. The third kappa shape index (κ3) is 2.87. The molecule has 0 saturated carbocycles. The van der Waals surface area contributed by atoms with Crippen LogP contribution >= 0.6 is 0 Å². The number of non-ortho nitro benzene ring substituents is 1. The summed E-state index contributed by atoms with van der Waals surface area (Å²) in [5.74, 6) is 0.242. The van der Waals surface area contributed by atoms with Gasteiger partial charge in [0.25, 0.3) is 5.69 Å². The molecule has 0 amide bonds. The van der Waals surface area contributed by atoms with Crippen molar-refractivity contribution in [3.05, 3.63) is 62.9 Å². The van der Waals surface area contributed by atoms with E-state index in [4.69, 9.17) is 9.47 Å². The van der Waals surface area contributed by atoms with Gasteiger partial charge < -0.3 is 19.7 Å². The molecule has 0 aliphatic carbocycles. The molecule has 0 saturated heterocycles. The molecule has 8 nitrogen and oxygen atoms in total. The van der Waals surface area contributed by atoms with Gasteiger partial charge >= 0.3 is 0 Å². The molecule has 2 aliphatic rings. The van der Waals surface area contributed by atoms with Crippen LogP contribution in [0.2, 0.25) is 0 Å². The van der Waals surface area contributed by atoms with Crippen LogP contribution in [0.4, 0.5) is 5.69 Å². The highest BCUT2D eigenvalue weighted by Gasteiger charge is 2.40. The van der Waals surface area contributed by atoms with Gasteiger partial charge in [0.05, 0.1) is 16.1 Å². The maximum absolute atomic E-state index is 12.7. The molecular formula is C20H17NO7. The van der Waals surface area contributed by atoms with Gasteiger partial charge in [-0.3, -0.25) is 14.9 Å². The standard InChI is InChI=1S/C20H17NO7/c1-20(2,24)17-9-13-15(27-17)6-4-12-18(23)16(28-19(12)13)8-10-7-11(21(25)26)3-5-14(10)22/h3-8,17,22,24H,9H2,1-2H3/b16-8-/t17-/m1/s1. The molecule has 4 rings (SSSR count). The van der Waals surface area contributed by atoms with Gasteiger partial charge in [-0.05, 0) is 38.1 Å². The Morgan fingerprint density at radius 3 is 2.71 bits per heavy atom. The summed E-state index contributed by atoms with van der Waals surface area (Å²) >= 11 is 0. The Bertz CT molecular complexity index is 1050. The zero-order valence-corrected chi connectivity index (χ0v) is 15.1. The number of phenolic OH excluding ortho intramolecular Hbond substituents is 1. The highest BCUT2D eigenvalue weighted by atomic mass is 16.6. The highest BCUT2D eigenvalue weighted by molar-refractivity contribution is 6.15. The van der Waals surface area contributed by atoms with Gasteiger partial charge in [0.2, 0.25) is 5.78 Å². The number of rotatable bonds is 3. The van der Waals surface area contributed by atoms with Crippen molar-refractivity contribution in [1.29, 1.82) is 0 Å². The first-order valence-electron chi connectivity index (χ1n) is 8.61. The topological polar surface area (TPSA) is 119 Å². The molecule has 2 aliphatic heterocycles. The molecule has 8 heteroatoms. The Morgan fingerprint density at radius 2 is 2.04 bits per heavy atom. The van der Waals surface area contributed by atoms with Gasteiger partial charge in [-0.15, -0.1) is 0 Å². The lowest BCUT2D eigenvalue weighted by Crippen LogP contribution is -2.39. The van der Waals surface area contributed by atoms with Crippen molar-refractivity contribution in [2.75, 3.05) is 0 Å². The first-order chi connectivity index (χ1) is 13.1. The second-order valence-corrected chi connectivity index (χ2v) is 7.32. The van der Waals surface area contributed by atoms with Crippen molar-refractivity contribution in [3.8, 4) is 17.2 Å². The predicted molar refractivity (Wildman–Crippen MR) is 98.6 cm³/mol. The summed E-state index contributed by atoms with van der Waals surface area (Å²) in [7, 11) is 0. The first kappa shape index (κ1) is 18.0. The number of hydrogen-bond donors (Lipinski definition) is 2. The van der Waals surface area contributed by atoms with E-state index in [1.807, 2.05) is 0 Å². The van der Waals surface area contributed by atoms with Gasteiger partial charge in [-0.25, -0.2) is 0 Å². The zero-order valence-electron chi connectivity index (χ0n) is 15.1. The SMILES string of the molecule is CC(C)(O)[C@H]1Cc2c(ccc3c2O/C(=C\c2cc([N+](=O)[O-])ccc2O)C3=O)O1. The van der Waals surface area contributed by atoms with E-state index in [-0.39, 0.29) is 22.8 Å². The van der Waals surface area contributed by atoms with E-state index in [2.05, 4.69) is 0 Å². The normalized spacial score (nSPS) is 19.2. The number of ether oxygens (including phenoxy) is 2. The van der Waals surface area contributed by atoms with Gasteiger partial charge in [-0.1, -0.05) is 0 Å². The molecule has 0 unspecified atom stereocenters. The fraction of sp³-hybridized carbons (Fsp3) is 0.250.